The maximum atomic E-state index is 5.91. The number of nitrogens with zero attached hydrogens (tertiary/aromatic N) is 1. The second-order valence-electron chi connectivity index (χ2n) is 2.89. The van der Waals surface area contributed by atoms with Crippen molar-refractivity contribution in [3.63, 3.8) is 0 Å². The molecule has 0 fully saturated rings. The van der Waals surface area contributed by atoms with Crippen LogP contribution in [0.15, 0.2) is 16.7 Å². The largest absolute Gasteiger partial charge is 0.474 e. The van der Waals surface area contributed by atoms with Gasteiger partial charge in [-0.25, -0.2) is 0 Å². The fourth-order valence-corrected chi connectivity index (χ4v) is 1.74. The molecule has 1 heterocycles. The van der Waals surface area contributed by atoms with E-state index < -0.39 is 0 Å². The zero-order valence-electron chi connectivity index (χ0n) is 8.07. The van der Waals surface area contributed by atoms with E-state index in [4.69, 9.17) is 38.2 Å². The Balaban J connectivity index is 0.00000128. The summed E-state index contributed by atoms with van der Waals surface area (Å²) in [5.74, 6) is 0.361. The number of fused-ring (bicyclic) bond motifs is 1. The fourth-order valence-electron chi connectivity index (χ4n) is 1.21. The molecule has 2 aromatic rings. The molecule has 4 nitrogen and oxygen atoms in total. The van der Waals surface area contributed by atoms with Gasteiger partial charge in [0.25, 0.3) is 5.88 Å². The molecule has 0 amide bonds. The molecular formula is C9H9Cl3N2O2. The summed E-state index contributed by atoms with van der Waals surface area (Å²) in [6.45, 7) is 0.772. The highest BCUT2D eigenvalue weighted by Gasteiger charge is 2.13. The SMILES string of the molecule is Cl.NCCOc1noc2c(Cl)cc(Cl)cc12. The van der Waals surface area contributed by atoms with Crippen molar-refractivity contribution in [3.05, 3.63) is 22.2 Å². The molecule has 0 unspecified atom stereocenters. The molecule has 1 aromatic heterocycles. The zero-order chi connectivity index (χ0) is 10.8. The highest BCUT2D eigenvalue weighted by atomic mass is 35.5. The predicted molar refractivity (Wildman–Crippen MR) is 65.8 cm³/mol. The van der Waals surface area contributed by atoms with Crippen LogP contribution in [0.1, 0.15) is 0 Å². The fraction of sp³-hybridized carbons (Fsp3) is 0.222. The van der Waals surface area contributed by atoms with Crippen LogP contribution < -0.4 is 10.5 Å². The Hall–Kier alpha value is -0.680. The third-order valence-corrected chi connectivity index (χ3v) is 2.31. The molecule has 0 atom stereocenters. The first kappa shape index (κ1) is 13.4. The van der Waals surface area contributed by atoms with Gasteiger partial charge in [-0.2, -0.15) is 0 Å². The minimum absolute atomic E-state index is 0. The van der Waals surface area contributed by atoms with Crippen molar-refractivity contribution in [1.29, 1.82) is 0 Å². The number of ether oxygens (including phenoxy) is 1. The Bertz CT molecular complexity index is 487. The quantitative estimate of drug-likeness (QED) is 0.941. The van der Waals surface area contributed by atoms with Crippen LogP contribution in [-0.4, -0.2) is 18.3 Å². The van der Waals surface area contributed by atoms with Crippen LogP contribution in [0.3, 0.4) is 0 Å². The van der Waals surface area contributed by atoms with Gasteiger partial charge in [-0.15, -0.1) is 12.4 Å². The first-order valence-corrected chi connectivity index (χ1v) is 5.05. The molecule has 0 radical (unpaired) electrons. The van der Waals surface area contributed by atoms with Gasteiger partial charge >= 0.3 is 0 Å². The Morgan fingerprint density at radius 1 is 1.38 bits per heavy atom. The molecular weight excluding hydrogens is 274 g/mol. The van der Waals surface area contributed by atoms with Crippen LogP contribution in [0.5, 0.6) is 5.88 Å². The summed E-state index contributed by atoms with van der Waals surface area (Å²) in [4.78, 5) is 0. The number of halogens is 3. The van der Waals surface area contributed by atoms with Crippen molar-refractivity contribution in [2.45, 2.75) is 0 Å². The standard InChI is InChI=1S/C9H8Cl2N2O2.ClH/c10-5-3-6-8(7(11)4-5)15-13-9(6)14-2-1-12;/h3-4H,1-2,12H2;1H. The van der Waals surface area contributed by atoms with E-state index >= 15 is 0 Å². The Morgan fingerprint density at radius 2 is 2.12 bits per heavy atom. The van der Waals surface area contributed by atoms with Gasteiger partial charge in [-0.1, -0.05) is 23.2 Å². The molecule has 2 N–H and O–H groups in total. The van der Waals surface area contributed by atoms with E-state index in [0.29, 0.717) is 40.0 Å². The second-order valence-corrected chi connectivity index (χ2v) is 3.73. The van der Waals surface area contributed by atoms with Gasteiger partial charge in [0.1, 0.15) is 6.61 Å². The van der Waals surface area contributed by atoms with Crippen LogP contribution in [0.2, 0.25) is 10.0 Å². The molecule has 0 saturated carbocycles. The predicted octanol–water partition coefficient (Wildman–Crippen LogP) is 2.89. The number of hydrogen-bond donors (Lipinski definition) is 1. The van der Waals surface area contributed by atoms with E-state index in [1.165, 1.54) is 0 Å². The van der Waals surface area contributed by atoms with Crippen molar-refractivity contribution in [1.82, 2.24) is 5.16 Å². The molecule has 88 valence electrons. The van der Waals surface area contributed by atoms with Crippen molar-refractivity contribution >= 4 is 46.6 Å². The molecule has 0 bridgehead atoms. The minimum atomic E-state index is 0. The van der Waals surface area contributed by atoms with Gasteiger partial charge in [-0.05, 0) is 17.3 Å². The summed E-state index contributed by atoms with van der Waals surface area (Å²) in [5, 5.41) is 5.31. The lowest BCUT2D eigenvalue weighted by molar-refractivity contribution is 0.293. The maximum absolute atomic E-state index is 5.91. The summed E-state index contributed by atoms with van der Waals surface area (Å²) < 4.78 is 10.3. The van der Waals surface area contributed by atoms with E-state index in [9.17, 15) is 0 Å². The Morgan fingerprint density at radius 3 is 2.81 bits per heavy atom. The van der Waals surface area contributed by atoms with Crippen molar-refractivity contribution in [3.8, 4) is 5.88 Å². The maximum Gasteiger partial charge on any atom is 0.262 e. The van der Waals surface area contributed by atoms with Crippen molar-refractivity contribution in [2.24, 2.45) is 5.73 Å². The van der Waals surface area contributed by atoms with Gasteiger partial charge < -0.3 is 15.0 Å². The van der Waals surface area contributed by atoms with Crippen LogP contribution in [0, 0.1) is 0 Å². The number of hydrogen-bond acceptors (Lipinski definition) is 4. The second kappa shape index (κ2) is 5.59. The van der Waals surface area contributed by atoms with Crippen molar-refractivity contribution in [2.75, 3.05) is 13.2 Å². The molecule has 0 aliphatic rings. The smallest absolute Gasteiger partial charge is 0.262 e. The van der Waals surface area contributed by atoms with Gasteiger partial charge in [0.05, 0.1) is 10.4 Å². The average Bonchev–Trinajstić information content (AvgIpc) is 2.58. The summed E-state index contributed by atoms with van der Waals surface area (Å²) in [5.41, 5.74) is 5.78. The molecule has 7 heteroatoms. The first-order chi connectivity index (χ1) is 7.22. The normalized spacial score (nSPS) is 10.2. The van der Waals surface area contributed by atoms with Crippen molar-refractivity contribution < 1.29 is 9.26 Å². The topological polar surface area (TPSA) is 61.3 Å². The lowest BCUT2D eigenvalue weighted by Gasteiger charge is -1.99. The third kappa shape index (κ3) is 2.52. The number of benzene rings is 1. The van der Waals surface area contributed by atoms with Crippen LogP contribution in [-0.2, 0) is 0 Å². The average molecular weight is 284 g/mol. The van der Waals surface area contributed by atoms with Crippen LogP contribution in [0.25, 0.3) is 11.0 Å². The third-order valence-electron chi connectivity index (χ3n) is 1.82. The minimum Gasteiger partial charge on any atom is -0.474 e. The van der Waals surface area contributed by atoms with Gasteiger partial charge in [0.15, 0.2) is 5.58 Å². The van der Waals surface area contributed by atoms with E-state index in [0.717, 1.165) is 0 Å². The lowest BCUT2D eigenvalue weighted by atomic mass is 10.2. The summed E-state index contributed by atoms with van der Waals surface area (Å²) in [6.07, 6.45) is 0. The summed E-state index contributed by atoms with van der Waals surface area (Å²) in [6, 6.07) is 3.27. The monoisotopic (exact) mass is 282 g/mol. The van der Waals surface area contributed by atoms with Crippen LogP contribution in [0.4, 0.5) is 0 Å². The lowest BCUT2D eigenvalue weighted by Crippen LogP contribution is -2.10. The number of nitrogens with two attached hydrogens (primary N) is 1. The van der Waals surface area contributed by atoms with E-state index in [2.05, 4.69) is 5.16 Å². The highest BCUT2D eigenvalue weighted by Crippen LogP contribution is 2.33. The number of rotatable bonds is 3. The molecule has 2 rings (SSSR count). The molecule has 0 aliphatic heterocycles. The van der Waals surface area contributed by atoms with Gasteiger partial charge in [-0.3, -0.25) is 0 Å². The summed E-state index contributed by atoms with van der Waals surface area (Å²) >= 11 is 11.8. The summed E-state index contributed by atoms with van der Waals surface area (Å²) in [7, 11) is 0. The molecule has 0 saturated heterocycles. The zero-order valence-corrected chi connectivity index (χ0v) is 10.4. The molecule has 0 aliphatic carbocycles. The first-order valence-electron chi connectivity index (χ1n) is 4.29. The van der Waals surface area contributed by atoms with E-state index in [-0.39, 0.29) is 12.4 Å². The molecule has 0 spiro atoms. The Labute approximate surface area is 108 Å². The number of aromatic nitrogens is 1. The molecule has 16 heavy (non-hydrogen) atoms. The highest BCUT2D eigenvalue weighted by molar-refractivity contribution is 6.38. The van der Waals surface area contributed by atoms with Gasteiger partial charge in [0, 0.05) is 11.6 Å². The van der Waals surface area contributed by atoms with E-state index in [1.807, 2.05) is 0 Å². The Kier molecular flexibility index (Phi) is 4.68. The van der Waals surface area contributed by atoms with Gasteiger partial charge in [0.2, 0.25) is 0 Å². The molecule has 1 aromatic carbocycles. The van der Waals surface area contributed by atoms with E-state index in [1.54, 1.807) is 12.1 Å². The van der Waals surface area contributed by atoms with Crippen LogP contribution >= 0.6 is 35.6 Å².